The molecule has 0 unspecified atom stereocenters. The number of hydrogen-bond acceptors (Lipinski definition) is 3. The first-order valence-electron chi connectivity index (χ1n) is 6.39. The number of halogens is 2. The van der Waals surface area contributed by atoms with E-state index in [1.807, 2.05) is 31.2 Å². The molecule has 2 aromatic carbocycles. The highest BCUT2D eigenvalue weighted by atomic mass is 79.9. The Bertz CT molecular complexity index is 662. The van der Waals surface area contributed by atoms with E-state index in [1.54, 1.807) is 12.1 Å². The predicted molar refractivity (Wildman–Crippen MR) is 90.2 cm³/mol. The van der Waals surface area contributed by atoms with Gasteiger partial charge in [-0.3, -0.25) is 10.1 Å². The van der Waals surface area contributed by atoms with Crippen LogP contribution in [0.5, 0.6) is 0 Å². The molecule has 0 aliphatic rings. The highest BCUT2D eigenvalue weighted by Gasteiger charge is 2.15. The van der Waals surface area contributed by atoms with Gasteiger partial charge in [0.2, 0.25) is 0 Å². The number of benzene rings is 2. The van der Waals surface area contributed by atoms with Gasteiger partial charge >= 0.3 is 0 Å². The third-order valence-electron chi connectivity index (χ3n) is 3.21. The molecule has 2 rings (SSSR count). The molecule has 0 aromatic heterocycles. The number of nitro groups is 1. The van der Waals surface area contributed by atoms with E-state index < -0.39 is 0 Å². The summed E-state index contributed by atoms with van der Waals surface area (Å²) in [6.07, 6.45) is 0. The minimum atomic E-state index is -0.355. The van der Waals surface area contributed by atoms with E-state index in [0.29, 0.717) is 12.1 Å². The molecule has 21 heavy (non-hydrogen) atoms. The number of hydrogen-bond donors (Lipinski definition) is 1. The van der Waals surface area contributed by atoms with E-state index in [1.165, 1.54) is 6.07 Å². The molecule has 1 atom stereocenters. The first kappa shape index (κ1) is 16.1. The fourth-order valence-corrected chi connectivity index (χ4v) is 3.11. The van der Waals surface area contributed by atoms with Gasteiger partial charge < -0.3 is 5.32 Å². The maximum absolute atomic E-state index is 11.1. The molecule has 0 saturated heterocycles. The van der Waals surface area contributed by atoms with E-state index in [0.717, 1.165) is 14.5 Å². The molecule has 4 nitrogen and oxygen atoms in total. The lowest BCUT2D eigenvalue weighted by Gasteiger charge is -2.16. The van der Waals surface area contributed by atoms with Crippen molar-refractivity contribution in [2.24, 2.45) is 0 Å². The molecule has 0 aliphatic carbocycles. The number of nitrogens with one attached hydrogen (secondary N) is 1. The van der Waals surface area contributed by atoms with Crippen LogP contribution in [0.1, 0.15) is 24.1 Å². The molecule has 0 aliphatic heterocycles. The normalized spacial score (nSPS) is 12.1. The number of rotatable bonds is 5. The van der Waals surface area contributed by atoms with Crippen molar-refractivity contribution < 1.29 is 4.92 Å². The van der Waals surface area contributed by atoms with Gasteiger partial charge in [0, 0.05) is 33.2 Å². The average molecular weight is 414 g/mol. The molecule has 0 spiro atoms. The second kappa shape index (κ2) is 7.15. The Kier molecular flexibility index (Phi) is 5.50. The van der Waals surface area contributed by atoms with Crippen molar-refractivity contribution in [2.45, 2.75) is 19.5 Å². The lowest BCUT2D eigenvalue weighted by atomic mass is 10.1. The SMILES string of the molecule is C[C@H](NCc1cc(Br)ccc1[N+](=O)[O-])c1ccccc1Br. The molecule has 6 heteroatoms. The van der Waals surface area contributed by atoms with Crippen molar-refractivity contribution in [3.05, 3.63) is 72.7 Å². The van der Waals surface area contributed by atoms with Crippen LogP contribution in [0.3, 0.4) is 0 Å². The van der Waals surface area contributed by atoms with Crippen LogP contribution >= 0.6 is 31.9 Å². The van der Waals surface area contributed by atoms with Crippen LogP contribution in [0.4, 0.5) is 5.69 Å². The Balaban J connectivity index is 2.15. The van der Waals surface area contributed by atoms with E-state index in [9.17, 15) is 10.1 Å². The summed E-state index contributed by atoms with van der Waals surface area (Å²) in [5, 5.41) is 14.4. The molecular formula is C15H14Br2N2O2. The van der Waals surface area contributed by atoms with Crippen LogP contribution < -0.4 is 5.32 Å². The van der Waals surface area contributed by atoms with Crippen molar-refractivity contribution in [2.75, 3.05) is 0 Å². The van der Waals surface area contributed by atoms with E-state index in [4.69, 9.17) is 0 Å². The third kappa shape index (κ3) is 4.12. The Morgan fingerprint density at radius 3 is 2.62 bits per heavy atom. The first-order valence-corrected chi connectivity index (χ1v) is 7.98. The maximum atomic E-state index is 11.1. The van der Waals surface area contributed by atoms with Crippen molar-refractivity contribution in [1.29, 1.82) is 0 Å². The standard InChI is InChI=1S/C15H14Br2N2O2/c1-10(13-4-2-3-5-14(13)17)18-9-11-8-12(16)6-7-15(11)19(20)21/h2-8,10,18H,9H2,1H3/t10-/m0/s1. The lowest BCUT2D eigenvalue weighted by molar-refractivity contribution is -0.385. The Hall–Kier alpha value is -1.24. The largest absolute Gasteiger partial charge is 0.306 e. The second-order valence-corrected chi connectivity index (χ2v) is 6.42. The summed E-state index contributed by atoms with van der Waals surface area (Å²) < 4.78 is 1.85. The Morgan fingerprint density at radius 2 is 1.95 bits per heavy atom. The second-order valence-electron chi connectivity index (χ2n) is 4.65. The molecule has 0 saturated carbocycles. The summed E-state index contributed by atoms with van der Waals surface area (Å²) >= 11 is 6.87. The van der Waals surface area contributed by atoms with Crippen LogP contribution in [0, 0.1) is 10.1 Å². The smallest absolute Gasteiger partial charge is 0.273 e. The summed E-state index contributed by atoms with van der Waals surface area (Å²) in [6, 6.07) is 13.0. The highest BCUT2D eigenvalue weighted by molar-refractivity contribution is 9.10. The lowest BCUT2D eigenvalue weighted by Crippen LogP contribution is -2.19. The van der Waals surface area contributed by atoms with Crippen molar-refractivity contribution in [3.8, 4) is 0 Å². The predicted octanol–water partition coefficient (Wildman–Crippen LogP) is 4.97. The van der Waals surface area contributed by atoms with Gasteiger partial charge in [0.25, 0.3) is 5.69 Å². The molecular weight excluding hydrogens is 400 g/mol. The van der Waals surface area contributed by atoms with Gasteiger partial charge in [-0.15, -0.1) is 0 Å². The van der Waals surface area contributed by atoms with Gasteiger partial charge in [0.05, 0.1) is 4.92 Å². The van der Waals surface area contributed by atoms with Crippen LogP contribution in [-0.2, 0) is 6.54 Å². The summed E-state index contributed by atoms with van der Waals surface area (Å²) in [4.78, 5) is 10.7. The van der Waals surface area contributed by atoms with Crippen molar-refractivity contribution in [3.63, 3.8) is 0 Å². The van der Waals surface area contributed by atoms with Crippen molar-refractivity contribution in [1.82, 2.24) is 5.32 Å². The van der Waals surface area contributed by atoms with Gasteiger partial charge in [-0.25, -0.2) is 0 Å². The molecule has 0 amide bonds. The number of nitro benzene ring substituents is 1. The molecule has 0 radical (unpaired) electrons. The van der Waals surface area contributed by atoms with E-state index >= 15 is 0 Å². The zero-order valence-electron chi connectivity index (χ0n) is 11.3. The summed E-state index contributed by atoms with van der Waals surface area (Å²) in [6.45, 7) is 2.46. The molecule has 0 fully saturated rings. The van der Waals surface area contributed by atoms with Crippen LogP contribution in [0.15, 0.2) is 51.4 Å². The molecule has 1 N–H and O–H groups in total. The topological polar surface area (TPSA) is 55.2 Å². The van der Waals surface area contributed by atoms with Gasteiger partial charge in [-0.2, -0.15) is 0 Å². The van der Waals surface area contributed by atoms with Crippen LogP contribution in [-0.4, -0.2) is 4.92 Å². The molecule has 0 bridgehead atoms. The van der Waals surface area contributed by atoms with Gasteiger partial charge in [-0.1, -0.05) is 50.1 Å². The quantitative estimate of drug-likeness (QED) is 0.556. The summed E-state index contributed by atoms with van der Waals surface area (Å²) in [5.41, 5.74) is 1.91. The molecule has 110 valence electrons. The molecule has 0 heterocycles. The first-order chi connectivity index (χ1) is 9.99. The third-order valence-corrected chi connectivity index (χ3v) is 4.42. The average Bonchev–Trinajstić information content (AvgIpc) is 2.45. The fourth-order valence-electron chi connectivity index (χ4n) is 2.07. The zero-order chi connectivity index (χ0) is 15.4. The number of nitrogens with zero attached hydrogens (tertiary/aromatic N) is 1. The van der Waals surface area contributed by atoms with E-state index in [-0.39, 0.29) is 16.7 Å². The fraction of sp³-hybridized carbons (Fsp3) is 0.200. The minimum absolute atomic E-state index is 0.0826. The monoisotopic (exact) mass is 412 g/mol. The van der Waals surface area contributed by atoms with Gasteiger partial charge in [0.15, 0.2) is 0 Å². The van der Waals surface area contributed by atoms with Gasteiger partial charge in [0.1, 0.15) is 0 Å². The summed E-state index contributed by atoms with van der Waals surface area (Å²) in [7, 11) is 0. The highest BCUT2D eigenvalue weighted by Crippen LogP contribution is 2.26. The van der Waals surface area contributed by atoms with Crippen molar-refractivity contribution >= 4 is 37.5 Å². The van der Waals surface area contributed by atoms with E-state index in [2.05, 4.69) is 37.2 Å². The van der Waals surface area contributed by atoms with Crippen LogP contribution in [0.2, 0.25) is 0 Å². The molecule has 2 aromatic rings. The van der Waals surface area contributed by atoms with Crippen LogP contribution in [0.25, 0.3) is 0 Å². The van der Waals surface area contributed by atoms with Gasteiger partial charge in [-0.05, 0) is 30.7 Å². The Morgan fingerprint density at radius 1 is 1.24 bits per heavy atom. The minimum Gasteiger partial charge on any atom is -0.306 e. The maximum Gasteiger partial charge on any atom is 0.273 e. The zero-order valence-corrected chi connectivity index (χ0v) is 14.5. The summed E-state index contributed by atoms with van der Waals surface area (Å²) in [5.74, 6) is 0. The Labute approximate surface area is 140 Å².